The number of thiocarbonyl (C=S) groups is 1. The van der Waals surface area contributed by atoms with Crippen molar-refractivity contribution in [2.24, 2.45) is 4.99 Å². The summed E-state index contributed by atoms with van der Waals surface area (Å²) in [6, 6.07) is 25.5. The van der Waals surface area contributed by atoms with Gasteiger partial charge in [0.1, 0.15) is 0 Å². The third-order valence-electron chi connectivity index (χ3n) is 6.03. The first-order valence-electron chi connectivity index (χ1n) is 11.8. The molecule has 1 heterocycles. The summed E-state index contributed by atoms with van der Waals surface area (Å²) in [6.45, 7) is 2.15. The molecule has 0 saturated heterocycles. The van der Waals surface area contributed by atoms with Gasteiger partial charge < -0.3 is 20.0 Å². The third kappa shape index (κ3) is 6.10. The molecule has 4 rings (SSSR count). The van der Waals surface area contributed by atoms with Crippen LogP contribution in [0.15, 0.2) is 83.9 Å². The zero-order valence-electron chi connectivity index (χ0n) is 20.7. The number of benzene rings is 3. The molecule has 36 heavy (non-hydrogen) atoms. The number of anilines is 1. The van der Waals surface area contributed by atoms with Crippen molar-refractivity contribution < 1.29 is 4.79 Å². The van der Waals surface area contributed by atoms with Crippen molar-refractivity contribution in [2.45, 2.75) is 12.7 Å². The Morgan fingerprint density at radius 3 is 2.36 bits per heavy atom. The number of nitrogens with one attached hydrogen (secondary N) is 1. The molecule has 0 fully saturated rings. The van der Waals surface area contributed by atoms with E-state index in [0.717, 1.165) is 28.9 Å². The highest BCUT2D eigenvalue weighted by atomic mass is 35.5. The van der Waals surface area contributed by atoms with Crippen molar-refractivity contribution in [3.05, 3.63) is 101 Å². The predicted octanol–water partition coefficient (Wildman–Crippen LogP) is 4.42. The lowest BCUT2D eigenvalue weighted by Crippen LogP contribution is -2.51. The summed E-state index contributed by atoms with van der Waals surface area (Å²) in [4.78, 5) is 24.3. The zero-order chi connectivity index (χ0) is 25.7. The van der Waals surface area contributed by atoms with E-state index in [1.54, 1.807) is 18.0 Å². The molecule has 1 aliphatic heterocycles. The number of aliphatic imine (C=N–C) groups is 1. The fourth-order valence-electron chi connectivity index (χ4n) is 4.05. The van der Waals surface area contributed by atoms with Crippen LogP contribution in [0.25, 0.3) is 0 Å². The molecule has 1 unspecified atom stereocenters. The second-order valence-corrected chi connectivity index (χ2v) is 9.79. The molecule has 0 spiro atoms. The van der Waals surface area contributed by atoms with Crippen LogP contribution in [0.5, 0.6) is 0 Å². The number of hydrogen-bond acceptors (Lipinski definition) is 4. The molecule has 1 aliphatic rings. The maximum absolute atomic E-state index is 13.6. The smallest absolute Gasteiger partial charge is 0.272 e. The first kappa shape index (κ1) is 25.8. The molecule has 3 aromatic rings. The Labute approximate surface area is 223 Å². The largest absolute Gasteiger partial charge is 0.344 e. The minimum Gasteiger partial charge on any atom is -0.344 e. The van der Waals surface area contributed by atoms with Gasteiger partial charge in [-0.3, -0.25) is 4.79 Å². The van der Waals surface area contributed by atoms with Gasteiger partial charge in [-0.25, -0.2) is 4.99 Å². The average Bonchev–Trinajstić information content (AvgIpc) is 2.97. The summed E-state index contributed by atoms with van der Waals surface area (Å²) in [5.74, 6) is -0.195. The molecular weight excluding hydrogens is 490 g/mol. The topological polar surface area (TPSA) is 51.2 Å². The molecule has 1 atom stereocenters. The zero-order valence-corrected chi connectivity index (χ0v) is 22.3. The number of carbonyl (C=O) groups is 1. The Hall–Kier alpha value is -3.26. The van der Waals surface area contributed by atoms with Crippen LogP contribution in [-0.2, 0) is 11.3 Å². The van der Waals surface area contributed by atoms with E-state index in [0.29, 0.717) is 28.9 Å². The lowest BCUT2D eigenvalue weighted by Gasteiger charge is -2.29. The van der Waals surface area contributed by atoms with Crippen molar-refractivity contribution in [2.75, 3.05) is 39.1 Å². The number of benzodiazepines with no additional fused rings is 1. The normalized spacial score (nSPS) is 15.2. The highest BCUT2D eigenvalue weighted by Crippen LogP contribution is 2.30. The van der Waals surface area contributed by atoms with E-state index in [1.165, 1.54) is 0 Å². The first-order chi connectivity index (χ1) is 17.3. The number of nitrogens with zero attached hydrogens (tertiary/aromatic N) is 4. The van der Waals surface area contributed by atoms with Crippen molar-refractivity contribution >= 4 is 46.2 Å². The third-order valence-corrected chi connectivity index (χ3v) is 6.64. The maximum atomic E-state index is 13.6. The molecule has 1 N–H and O–H groups in total. The van der Waals surface area contributed by atoms with Crippen LogP contribution in [0.4, 0.5) is 5.69 Å². The molecule has 8 heteroatoms. The van der Waals surface area contributed by atoms with Crippen LogP contribution in [0, 0.1) is 0 Å². The number of rotatable bonds is 7. The van der Waals surface area contributed by atoms with Gasteiger partial charge in [-0.1, -0.05) is 72.3 Å². The van der Waals surface area contributed by atoms with Crippen molar-refractivity contribution in [1.29, 1.82) is 0 Å². The van der Waals surface area contributed by atoms with Crippen LogP contribution in [0.3, 0.4) is 0 Å². The van der Waals surface area contributed by atoms with E-state index >= 15 is 0 Å². The van der Waals surface area contributed by atoms with E-state index in [1.807, 2.05) is 74.8 Å². The van der Waals surface area contributed by atoms with E-state index in [4.69, 9.17) is 28.8 Å². The summed E-state index contributed by atoms with van der Waals surface area (Å²) in [6.07, 6.45) is -0.887. The second-order valence-electron chi connectivity index (χ2n) is 8.96. The maximum Gasteiger partial charge on any atom is 0.272 e. The summed E-state index contributed by atoms with van der Waals surface area (Å²) < 4.78 is 0. The van der Waals surface area contributed by atoms with Crippen LogP contribution in [0.2, 0.25) is 5.02 Å². The number of fused-ring (bicyclic) bond motifs is 1. The lowest BCUT2D eigenvalue weighted by molar-refractivity contribution is -0.119. The second kappa shape index (κ2) is 11.6. The first-order valence-corrected chi connectivity index (χ1v) is 12.6. The van der Waals surface area contributed by atoms with E-state index in [2.05, 4.69) is 27.2 Å². The Kier molecular flexibility index (Phi) is 8.36. The summed E-state index contributed by atoms with van der Waals surface area (Å²) in [5.41, 5.74) is 4.27. The van der Waals surface area contributed by atoms with Crippen LogP contribution >= 0.6 is 23.8 Å². The molecule has 0 aromatic heterocycles. The van der Waals surface area contributed by atoms with Crippen molar-refractivity contribution in [3.63, 3.8) is 0 Å². The molecule has 1 amide bonds. The van der Waals surface area contributed by atoms with E-state index in [-0.39, 0.29) is 5.91 Å². The monoisotopic (exact) mass is 519 g/mol. The fourth-order valence-corrected chi connectivity index (χ4v) is 4.49. The molecule has 6 nitrogen and oxygen atoms in total. The van der Waals surface area contributed by atoms with Gasteiger partial charge >= 0.3 is 0 Å². The van der Waals surface area contributed by atoms with Gasteiger partial charge in [0, 0.05) is 42.8 Å². The Morgan fingerprint density at radius 2 is 1.69 bits per heavy atom. The van der Waals surface area contributed by atoms with Gasteiger partial charge in [-0.2, -0.15) is 0 Å². The van der Waals surface area contributed by atoms with Crippen LogP contribution in [-0.4, -0.2) is 66.9 Å². The lowest BCUT2D eigenvalue weighted by atomic mass is 10.0. The minimum absolute atomic E-state index is 0.195. The van der Waals surface area contributed by atoms with Gasteiger partial charge in [0.05, 0.1) is 11.4 Å². The van der Waals surface area contributed by atoms with Gasteiger partial charge in [0.25, 0.3) is 5.91 Å². The highest BCUT2D eigenvalue weighted by molar-refractivity contribution is 7.80. The summed E-state index contributed by atoms with van der Waals surface area (Å²) in [7, 11) is 5.81. The summed E-state index contributed by atoms with van der Waals surface area (Å²) >= 11 is 12.2. The Balaban J connectivity index is 1.68. The van der Waals surface area contributed by atoms with Gasteiger partial charge in [-0.05, 0) is 50.1 Å². The van der Waals surface area contributed by atoms with Gasteiger partial charge in [-0.15, -0.1) is 0 Å². The molecule has 186 valence electrons. The molecule has 0 radical (unpaired) electrons. The molecular formula is C28H30ClN5OS. The fraction of sp³-hybridized carbons (Fsp3) is 0.250. The molecule has 3 aromatic carbocycles. The molecule has 0 aliphatic carbocycles. The Morgan fingerprint density at radius 1 is 1.03 bits per heavy atom. The minimum atomic E-state index is -0.887. The summed E-state index contributed by atoms with van der Waals surface area (Å²) in [5, 5.41) is 4.32. The quantitative estimate of drug-likeness (QED) is 0.468. The van der Waals surface area contributed by atoms with Crippen molar-refractivity contribution in [3.8, 4) is 0 Å². The Bertz CT molecular complexity index is 1250. The van der Waals surface area contributed by atoms with Crippen LogP contribution in [0.1, 0.15) is 16.7 Å². The highest BCUT2D eigenvalue weighted by Gasteiger charge is 2.31. The van der Waals surface area contributed by atoms with E-state index < -0.39 is 6.17 Å². The average molecular weight is 520 g/mol. The van der Waals surface area contributed by atoms with E-state index in [9.17, 15) is 4.79 Å². The molecule has 0 bridgehead atoms. The standard InChI is InChI=1S/C28H30ClN5OS/c1-32(2)16-17-34(19-20-10-6-4-7-11-20)28(36)31-26-27(35)33(3)24-15-14-22(29)18-23(24)25(30-26)21-12-8-5-9-13-21/h4-15,18,26H,16-17,19H2,1-3H3,(H,31,36). The number of carbonyl (C=O) groups excluding carboxylic acids is 1. The number of hydrogen-bond donors (Lipinski definition) is 1. The molecule has 0 saturated carbocycles. The van der Waals surface area contributed by atoms with Crippen molar-refractivity contribution in [1.82, 2.24) is 15.1 Å². The van der Waals surface area contributed by atoms with Gasteiger partial charge in [0.2, 0.25) is 6.17 Å². The van der Waals surface area contributed by atoms with Gasteiger partial charge in [0.15, 0.2) is 5.11 Å². The number of amides is 1. The number of halogens is 1. The van der Waals surface area contributed by atoms with Crippen LogP contribution < -0.4 is 10.2 Å². The predicted molar refractivity (Wildman–Crippen MR) is 152 cm³/mol. The SMILES string of the molecule is CN(C)CCN(Cc1ccccc1)C(=S)NC1N=C(c2ccccc2)c2cc(Cl)ccc2N(C)C1=O. The number of likely N-dealkylation sites (N-methyl/N-ethyl adjacent to an activating group) is 2.